The van der Waals surface area contributed by atoms with Crippen LogP contribution in [0.1, 0.15) is 47.0 Å². The van der Waals surface area contributed by atoms with Gasteiger partial charge < -0.3 is 64.4 Å². The zero-order valence-corrected chi connectivity index (χ0v) is 27.1. The predicted molar refractivity (Wildman–Crippen MR) is 168 cm³/mol. The lowest BCUT2D eigenvalue weighted by molar-refractivity contribution is -0.143. The Hall–Kier alpha value is -4.56. The highest BCUT2D eigenvalue weighted by Gasteiger charge is 2.30. The lowest BCUT2D eigenvalue weighted by Gasteiger charge is -2.25. The fourth-order valence-corrected chi connectivity index (χ4v) is 3.77. The van der Waals surface area contributed by atoms with Crippen LogP contribution in [0.4, 0.5) is 0 Å². The number of nitrogens with one attached hydrogen (secondary N) is 6. The molecule has 0 unspecified atom stereocenters. The Morgan fingerprint density at radius 2 is 1.17 bits per heavy atom. The van der Waals surface area contributed by atoms with Crippen molar-refractivity contribution in [2.45, 2.75) is 77.2 Å². The van der Waals surface area contributed by atoms with Gasteiger partial charge in [-0.1, -0.05) is 27.7 Å². The number of carboxylic acid groups (broad SMARTS) is 1. The summed E-state index contributed by atoms with van der Waals surface area (Å²) < 4.78 is 0. The second-order valence-corrected chi connectivity index (χ2v) is 11.3. The molecule has 0 aliphatic rings. The number of hydrogen-bond acceptors (Lipinski definition) is 11. The molecule has 5 atom stereocenters. The van der Waals surface area contributed by atoms with Crippen molar-refractivity contribution in [3.8, 4) is 0 Å². The van der Waals surface area contributed by atoms with E-state index in [-0.39, 0.29) is 43.6 Å². The normalized spacial score (nSPS) is 14.1. The topological polar surface area (TPSA) is 343 Å². The minimum atomic E-state index is -1.61. The maximum atomic E-state index is 13.2. The van der Waals surface area contributed by atoms with Crippen LogP contribution in [0.2, 0.25) is 0 Å². The number of aliphatic carboxylic acids is 1. The van der Waals surface area contributed by atoms with E-state index in [1.807, 2.05) is 0 Å². The number of aliphatic hydroxyl groups is 2. The molecule has 0 aliphatic carbocycles. The number of aliphatic hydroxyl groups excluding tert-OH is 2. The van der Waals surface area contributed by atoms with Crippen molar-refractivity contribution in [2.24, 2.45) is 34.0 Å². The molecule has 0 aromatic heterocycles. The van der Waals surface area contributed by atoms with E-state index in [0.29, 0.717) is 0 Å². The van der Waals surface area contributed by atoms with Gasteiger partial charge in [0.25, 0.3) is 0 Å². The molecule has 6 amide bonds. The van der Waals surface area contributed by atoms with Crippen molar-refractivity contribution in [3.63, 3.8) is 0 Å². The Kier molecular flexibility index (Phi) is 19.9. The molecule has 268 valence electrons. The summed E-state index contributed by atoms with van der Waals surface area (Å²) in [6, 6.07) is -6.44. The molecule has 0 radical (unpaired) electrons. The Labute approximate surface area is 272 Å². The molecule has 0 aliphatic heterocycles. The van der Waals surface area contributed by atoms with Crippen molar-refractivity contribution < 1.29 is 48.9 Å². The molecule has 0 spiro atoms. The third-order valence-corrected chi connectivity index (χ3v) is 6.44. The Morgan fingerprint density at radius 3 is 1.64 bits per heavy atom. The molecule has 0 bridgehead atoms. The van der Waals surface area contributed by atoms with Crippen LogP contribution < -0.4 is 49.1 Å². The number of aliphatic imine (C=N–C) groups is 1. The average molecular weight is 675 g/mol. The number of carbonyl (C=O) groups is 7. The Balaban J connectivity index is 5.47. The van der Waals surface area contributed by atoms with Gasteiger partial charge in [0, 0.05) is 6.54 Å². The molecular formula is C27H50N10O10. The van der Waals surface area contributed by atoms with Crippen molar-refractivity contribution in [1.29, 1.82) is 0 Å². The van der Waals surface area contributed by atoms with E-state index in [1.54, 1.807) is 27.7 Å². The second kappa shape index (κ2) is 22.0. The van der Waals surface area contributed by atoms with Crippen molar-refractivity contribution in [3.05, 3.63) is 0 Å². The van der Waals surface area contributed by atoms with Crippen LogP contribution in [0.25, 0.3) is 0 Å². The Bertz CT molecular complexity index is 1110. The molecule has 0 aromatic rings. The number of amides is 6. The minimum Gasteiger partial charge on any atom is -0.480 e. The van der Waals surface area contributed by atoms with Crippen LogP contribution in [0.15, 0.2) is 4.99 Å². The van der Waals surface area contributed by atoms with Crippen molar-refractivity contribution >= 4 is 47.4 Å². The van der Waals surface area contributed by atoms with Crippen LogP contribution in [0.5, 0.6) is 0 Å². The number of rotatable bonds is 22. The molecule has 0 fully saturated rings. The van der Waals surface area contributed by atoms with Gasteiger partial charge in [0.15, 0.2) is 5.96 Å². The molecule has 15 N–H and O–H groups in total. The highest BCUT2D eigenvalue weighted by Crippen LogP contribution is 2.08. The quantitative estimate of drug-likeness (QED) is 0.0290. The van der Waals surface area contributed by atoms with E-state index >= 15 is 0 Å². The number of nitrogens with zero attached hydrogens (tertiary/aromatic N) is 1. The third-order valence-electron chi connectivity index (χ3n) is 6.44. The van der Waals surface area contributed by atoms with Crippen LogP contribution in [0, 0.1) is 11.8 Å². The highest BCUT2D eigenvalue weighted by atomic mass is 16.4. The summed E-state index contributed by atoms with van der Waals surface area (Å²) in [5.41, 5.74) is 16.3. The van der Waals surface area contributed by atoms with Gasteiger partial charge in [-0.3, -0.25) is 33.8 Å². The molecule has 0 heterocycles. The fraction of sp³-hybridized carbons (Fsp3) is 0.704. The predicted octanol–water partition coefficient (Wildman–Crippen LogP) is -5.69. The lowest BCUT2D eigenvalue weighted by atomic mass is 10.0. The molecule has 20 nitrogen and oxygen atoms in total. The molecule has 0 saturated carbocycles. The first-order valence-corrected chi connectivity index (χ1v) is 14.9. The largest absolute Gasteiger partial charge is 0.480 e. The molecular weight excluding hydrogens is 624 g/mol. The van der Waals surface area contributed by atoms with Crippen molar-refractivity contribution in [2.75, 3.05) is 32.8 Å². The number of carbonyl (C=O) groups excluding carboxylic acids is 6. The molecule has 0 rings (SSSR count). The standard InChI is InChI=1S/C27H50N10O10/c1-13(2)8-16(24(44)37-18(12-39)26(46)47)36-23(43)15(6-5-7-31-27(29)30)34-19(40)9-32-22(42)17(11-38)35-20(41)10-33-25(45)21(28)14(3)4/h13-18,21,38-39H,5-12,28H2,1-4H3,(H,32,42)(H,33,45)(H,34,40)(H,35,41)(H,36,43)(H,37,44)(H,46,47)(H4,29,30,31)/t15-,16-,17-,18-,21-/m0/s1. The SMILES string of the molecule is CC(C)C[C@H](NC(=O)[C@H](CCCN=C(N)N)NC(=O)CNC(=O)[C@H](CO)NC(=O)CNC(=O)[C@@H](N)C(C)C)C(=O)N[C@@H](CO)C(=O)O. The maximum Gasteiger partial charge on any atom is 0.328 e. The third kappa shape index (κ3) is 17.6. The smallest absolute Gasteiger partial charge is 0.328 e. The summed E-state index contributed by atoms with van der Waals surface area (Å²) >= 11 is 0. The lowest BCUT2D eigenvalue weighted by Crippen LogP contribution is -2.57. The van der Waals surface area contributed by atoms with E-state index in [2.05, 4.69) is 36.9 Å². The van der Waals surface area contributed by atoms with E-state index in [9.17, 15) is 43.8 Å². The zero-order chi connectivity index (χ0) is 36.3. The van der Waals surface area contributed by atoms with Crippen LogP contribution >= 0.6 is 0 Å². The summed E-state index contributed by atoms with van der Waals surface area (Å²) in [5, 5.41) is 41.8. The first-order chi connectivity index (χ1) is 21.9. The molecule has 20 heteroatoms. The number of carboxylic acids is 1. The number of nitrogens with two attached hydrogens (primary N) is 3. The van der Waals surface area contributed by atoms with E-state index in [0.717, 1.165) is 0 Å². The first-order valence-electron chi connectivity index (χ1n) is 14.9. The molecule has 0 aromatic carbocycles. The van der Waals surface area contributed by atoms with Gasteiger partial charge in [-0.2, -0.15) is 0 Å². The van der Waals surface area contributed by atoms with Gasteiger partial charge in [0.05, 0.1) is 32.3 Å². The van der Waals surface area contributed by atoms with Gasteiger partial charge in [-0.05, 0) is 31.1 Å². The van der Waals surface area contributed by atoms with Gasteiger partial charge in [-0.15, -0.1) is 0 Å². The van der Waals surface area contributed by atoms with Gasteiger partial charge in [0.1, 0.15) is 24.2 Å². The molecule has 47 heavy (non-hydrogen) atoms. The van der Waals surface area contributed by atoms with Crippen LogP contribution in [0.3, 0.4) is 0 Å². The van der Waals surface area contributed by atoms with Crippen molar-refractivity contribution in [1.82, 2.24) is 31.9 Å². The highest BCUT2D eigenvalue weighted by molar-refractivity contribution is 5.95. The monoisotopic (exact) mass is 674 g/mol. The fourth-order valence-electron chi connectivity index (χ4n) is 3.77. The first kappa shape index (κ1) is 42.4. The summed E-state index contributed by atoms with van der Waals surface area (Å²) in [4.78, 5) is 90.5. The summed E-state index contributed by atoms with van der Waals surface area (Å²) in [6.07, 6.45) is 0.267. The number of guanidine groups is 1. The van der Waals surface area contributed by atoms with Gasteiger partial charge >= 0.3 is 5.97 Å². The van der Waals surface area contributed by atoms with E-state index in [1.165, 1.54) is 0 Å². The maximum absolute atomic E-state index is 13.2. The van der Waals surface area contributed by atoms with E-state index < -0.39 is 97.9 Å². The van der Waals surface area contributed by atoms with Gasteiger partial charge in [-0.25, -0.2) is 4.79 Å². The van der Waals surface area contributed by atoms with Crippen LogP contribution in [-0.2, 0) is 33.6 Å². The Morgan fingerprint density at radius 1 is 0.681 bits per heavy atom. The summed E-state index contributed by atoms with van der Waals surface area (Å²) in [5.74, 6) is -6.88. The summed E-state index contributed by atoms with van der Waals surface area (Å²) in [6.45, 7) is 4.10. The summed E-state index contributed by atoms with van der Waals surface area (Å²) in [7, 11) is 0. The average Bonchev–Trinajstić information content (AvgIpc) is 2.99. The van der Waals surface area contributed by atoms with Gasteiger partial charge in [0.2, 0.25) is 35.4 Å². The molecule has 0 saturated heterocycles. The zero-order valence-electron chi connectivity index (χ0n) is 27.1. The minimum absolute atomic E-state index is 0.0196. The second-order valence-electron chi connectivity index (χ2n) is 11.3. The number of hydrogen-bond donors (Lipinski definition) is 12. The van der Waals surface area contributed by atoms with E-state index in [4.69, 9.17) is 22.3 Å². The van der Waals surface area contributed by atoms with Crippen LogP contribution in [-0.4, -0.2) is 126 Å².